The second-order valence-electron chi connectivity index (χ2n) is 5.92. The van der Waals surface area contributed by atoms with Gasteiger partial charge in [0.2, 0.25) is 0 Å². The predicted octanol–water partition coefficient (Wildman–Crippen LogP) is 2.19. The smallest absolute Gasteiger partial charge is 0.0573 e. The molecule has 0 radical (unpaired) electrons. The van der Waals surface area contributed by atoms with Crippen LogP contribution in [0.15, 0.2) is 0 Å². The van der Waals surface area contributed by atoms with Crippen LogP contribution >= 0.6 is 0 Å². The summed E-state index contributed by atoms with van der Waals surface area (Å²) in [6, 6.07) is 0. The fourth-order valence-electron chi connectivity index (χ4n) is 4.25. The molecule has 15 heavy (non-hydrogen) atoms. The van der Waals surface area contributed by atoms with Crippen LogP contribution in [0.25, 0.3) is 0 Å². The number of aliphatic hydroxyl groups is 2. The van der Waals surface area contributed by atoms with Gasteiger partial charge in [-0.3, -0.25) is 0 Å². The van der Waals surface area contributed by atoms with Crippen molar-refractivity contribution in [3.05, 3.63) is 0 Å². The van der Waals surface area contributed by atoms with Gasteiger partial charge in [-0.15, -0.1) is 0 Å². The largest absolute Gasteiger partial charge is 0.396 e. The standard InChI is InChI=1S/C13H24O2/c1-9(8-14)10-5-6-11-12(15)4-3-7-13(10,11)2/h9-12,14-15H,3-8H2,1-2H3/t9-,10-,11-,12?,13-/m1/s1. The Morgan fingerprint density at radius 2 is 2.07 bits per heavy atom. The van der Waals surface area contributed by atoms with E-state index < -0.39 is 0 Å². The summed E-state index contributed by atoms with van der Waals surface area (Å²) in [6.07, 6.45) is 5.65. The minimum atomic E-state index is -0.0837. The Bertz CT molecular complexity index is 229. The molecule has 2 nitrogen and oxygen atoms in total. The molecule has 0 heterocycles. The molecule has 0 aromatic rings. The van der Waals surface area contributed by atoms with Crippen molar-refractivity contribution < 1.29 is 10.2 Å². The van der Waals surface area contributed by atoms with Gasteiger partial charge in [0.15, 0.2) is 0 Å². The van der Waals surface area contributed by atoms with E-state index in [1.807, 2.05) is 0 Å². The van der Waals surface area contributed by atoms with Crippen molar-refractivity contribution in [3.8, 4) is 0 Å². The number of hydrogen-bond donors (Lipinski definition) is 2. The topological polar surface area (TPSA) is 40.5 Å². The SMILES string of the molecule is C[C@H](CO)[C@H]1CC[C@@H]2C(O)CCC[C@@]21C. The van der Waals surface area contributed by atoms with Gasteiger partial charge in [-0.1, -0.05) is 20.3 Å². The number of rotatable bonds is 2. The summed E-state index contributed by atoms with van der Waals surface area (Å²) in [5.74, 6) is 1.50. The summed E-state index contributed by atoms with van der Waals surface area (Å²) in [5.41, 5.74) is 0.291. The van der Waals surface area contributed by atoms with E-state index in [1.54, 1.807) is 0 Å². The van der Waals surface area contributed by atoms with E-state index in [0.29, 0.717) is 29.8 Å². The maximum absolute atomic E-state index is 10.1. The Labute approximate surface area is 92.7 Å². The average Bonchev–Trinajstić information content (AvgIpc) is 2.56. The Hall–Kier alpha value is -0.0800. The summed E-state index contributed by atoms with van der Waals surface area (Å²) in [7, 11) is 0. The van der Waals surface area contributed by atoms with Gasteiger partial charge in [0.05, 0.1) is 6.10 Å². The Balaban J connectivity index is 2.17. The fraction of sp³-hybridized carbons (Fsp3) is 1.00. The van der Waals surface area contributed by atoms with Gasteiger partial charge in [0.25, 0.3) is 0 Å². The molecule has 2 heteroatoms. The quantitative estimate of drug-likeness (QED) is 0.736. The first-order valence-corrected chi connectivity index (χ1v) is 6.38. The summed E-state index contributed by atoms with van der Waals surface area (Å²) in [5, 5.41) is 19.4. The highest BCUT2D eigenvalue weighted by molar-refractivity contribution is 5.01. The van der Waals surface area contributed by atoms with Gasteiger partial charge in [0, 0.05) is 6.61 Å². The Morgan fingerprint density at radius 3 is 2.73 bits per heavy atom. The molecule has 0 saturated heterocycles. The van der Waals surface area contributed by atoms with Crippen LogP contribution in [-0.2, 0) is 0 Å². The summed E-state index contributed by atoms with van der Waals surface area (Å²) in [4.78, 5) is 0. The summed E-state index contributed by atoms with van der Waals surface area (Å²) < 4.78 is 0. The minimum Gasteiger partial charge on any atom is -0.396 e. The molecule has 0 aromatic heterocycles. The zero-order valence-electron chi connectivity index (χ0n) is 9.95. The maximum Gasteiger partial charge on any atom is 0.0573 e. The molecule has 2 aliphatic rings. The van der Waals surface area contributed by atoms with Crippen LogP contribution in [0.1, 0.15) is 46.0 Å². The molecule has 2 N–H and O–H groups in total. The molecule has 2 aliphatic carbocycles. The summed E-state index contributed by atoms with van der Waals surface area (Å²) >= 11 is 0. The first-order valence-electron chi connectivity index (χ1n) is 6.38. The zero-order chi connectivity index (χ0) is 11.1. The normalized spacial score (nSPS) is 47.6. The van der Waals surface area contributed by atoms with E-state index in [1.165, 1.54) is 12.8 Å². The van der Waals surface area contributed by atoms with Crippen LogP contribution in [0.3, 0.4) is 0 Å². The molecular formula is C13H24O2. The summed E-state index contributed by atoms with van der Waals surface area (Å²) in [6.45, 7) is 4.78. The first kappa shape index (κ1) is 11.4. The Morgan fingerprint density at radius 1 is 1.33 bits per heavy atom. The van der Waals surface area contributed by atoms with Crippen molar-refractivity contribution in [1.29, 1.82) is 0 Å². The molecule has 2 fully saturated rings. The molecule has 1 unspecified atom stereocenters. The van der Waals surface area contributed by atoms with Crippen molar-refractivity contribution >= 4 is 0 Å². The van der Waals surface area contributed by atoms with Crippen LogP contribution in [0, 0.1) is 23.2 Å². The third kappa shape index (κ3) is 1.72. The van der Waals surface area contributed by atoms with Crippen molar-refractivity contribution in [3.63, 3.8) is 0 Å². The molecule has 2 rings (SSSR count). The first-order chi connectivity index (χ1) is 7.09. The number of hydrogen-bond acceptors (Lipinski definition) is 2. The van der Waals surface area contributed by atoms with Crippen molar-refractivity contribution in [1.82, 2.24) is 0 Å². The average molecular weight is 212 g/mol. The van der Waals surface area contributed by atoms with Crippen LogP contribution in [0.5, 0.6) is 0 Å². The third-order valence-corrected chi connectivity index (χ3v) is 5.14. The molecule has 0 aromatic carbocycles. The molecule has 2 saturated carbocycles. The number of fused-ring (bicyclic) bond motifs is 1. The van der Waals surface area contributed by atoms with Crippen LogP contribution in [0.2, 0.25) is 0 Å². The molecular weight excluding hydrogens is 188 g/mol. The van der Waals surface area contributed by atoms with Gasteiger partial charge >= 0.3 is 0 Å². The third-order valence-electron chi connectivity index (χ3n) is 5.14. The second-order valence-corrected chi connectivity index (χ2v) is 5.92. The van der Waals surface area contributed by atoms with E-state index >= 15 is 0 Å². The molecule has 0 amide bonds. The predicted molar refractivity (Wildman–Crippen MR) is 60.4 cm³/mol. The monoisotopic (exact) mass is 212 g/mol. The molecule has 0 aliphatic heterocycles. The molecule has 5 atom stereocenters. The highest BCUT2D eigenvalue weighted by Gasteiger charge is 2.51. The van der Waals surface area contributed by atoms with E-state index in [-0.39, 0.29) is 6.10 Å². The van der Waals surface area contributed by atoms with Crippen LogP contribution in [0.4, 0.5) is 0 Å². The lowest BCUT2D eigenvalue weighted by molar-refractivity contribution is -0.0321. The lowest BCUT2D eigenvalue weighted by atomic mass is 9.62. The number of aliphatic hydroxyl groups excluding tert-OH is 2. The van der Waals surface area contributed by atoms with Crippen molar-refractivity contribution in [2.45, 2.75) is 52.1 Å². The second kappa shape index (κ2) is 4.06. The molecule has 0 spiro atoms. The van der Waals surface area contributed by atoms with Crippen LogP contribution in [-0.4, -0.2) is 22.9 Å². The van der Waals surface area contributed by atoms with E-state index in [0.717, 1.165) is 19.3 Å². The highest BCUT2D eigenvalue weighted by atomic mass is 16.3. The van der Waals surface area contributed by atoms with Gasteiger partial charge in [-0.2, -0.15) is 0 Å². The van der Waals surface area contributed by atoms with Crippen LogP contribution < -0.4 is 0 Å². The zero-order valence-corrected chi connectivity index (χ0v) is 9.95. The van der Waals surface area contributed by atoms with Gasteiger partial charge in [-0.05, 0) is 48.9 Å². The lowest BCUT2D eigenvalue weighted by Crippen LogP contribution is -2.41. The Kier molecular flexibility index (Phi) is 3.09. The maximum atomic E-state index is 10.1. The lowest BCUT2D eigenvalue weighted by Gasteiger charge is -2.45. The highest BCUT2D eigenvalue weighted by Crippen LogP contribution is 2.57. The minimum absolute atomic E-state index is 0.0837. The van der Waals surface area contributed by atoms with Gasteiger partial charge < -0.3 is 10.2 Å². The molecule has 88 valence electrons. The fourth-order valence-corrected chi connectivity index (χ4v) is 4.25. The van der Waals surface area contributed by atoms with Gasteiger partial charge in [-0.25, -0.2) is 0 Å². The van der Waals surface area contributed by atoms with Crippen molar-refractivity contribution in [2.75, 3.05) is 6.61 Å². The van der Waals surface area contributed by atoms with Gasteiger partial charge in [0.1, 0.15) is 0 Å². The van der Waals surface area contributed by atoms with E-state index in [2.05, 4.69) is 13.8 Å². The molecule has 0 bridgehead atoms. The van der Waals surface area contributed by atoms with E-state index in [9.17, 15) is 10.2 Å². The van der Waals surface area contributed by atoms with E-state index in [4.69, 9.17) is 0 Å². The van der Waals surface area contributed by atoms with Crippen molar-refractivity contribution in [2.24, 2.45) is 23.2 Å².